The Morgan fingerprint density at radius 3 is 2.96 bits per heavy atom. The summed E-state index contributed by atoms with van der Waals surface area (Å²) < 4.78 is 0. The number of benzene rings is 1. The summed E-state index contributed by atoms with van der Waals surface area (Å²) in [5.41, 5.74) is 2.73. The van der Waals surface area contributed by atoms with E-state index in [1.807, 2.05) is 30.5 Å². The van der Waals surface area contributed by atoms with Gasteiger partial charge in [-0.25, -0.2) is 0 Å². The van der Waals surface area contributed by atoms with Gasteiger partial charge >= 0.3 is 0 Å². The van der Waals surface area contributed by atoms with Crippen molar-refractivity contribution >= 4 is 39.4 Å². The zero-order valence-electron chi connectivity index (χ0n) is 13.0. The van der Waals surface area contributed by atoms with Gasteiger partial charge in [-0.3, -0.25) is 5.10 Å². The summed E-state index contributed by atoms with van der Waals surface area (Å²) in [4.78, 5) is 12.4. The van der Waals surface area contributed by atoms with Crippen molar-refractivity contribution in [1.29, 1.82) is 0 Å². The van der Waals surface area contributed by atoms with Crippen molar-refractivity contribution < 1.29 is 0 Å². The van der Waals surface area contributed by atoms with Crippen LogP contribution < -0.4 is 10.6 Å². The van der Waals surface area contributed by atoms with E-state index in [9.17, 15) is 0 Å². The van der Waals surface area contributed by atoms with Gasteiger partial charge in [0.05, 0.1) is 17.1 Å². The van der Waals surface area contributed by atoms with Crippen molar-refractivity contribution in [3.8, 4) is 0 Å². The molecule has 0 aliphatic heterocycles. The topological polar surface area (TPSA) is 94.3 Å². The summed E-state index contributed by atoms with van der Waals surface area (Å²) >= 11 is 0. The first kappa shape index (κ1) is 13.4. The van der Waals surface area contributed by atoms with Crippen molar-refractivity contribution in [2.24, 2.45) is 0 Å². The summed E-state index contributed by atoms with van der Waals surface area (Å²) in [5, 5.41) is 15.9. The van der Waals surface area contributed by atoms with E-state index in [0.29, 0.717) is 12.0 Å². The molecule has 0 amide bonds. The second kappa shape index (κ2) is 5.23. The van der Waals surface area contributed by atoms with Crippen LogP contribution in [0.1, 0.15) is 19.3 Å². The monoisotopic (exact) mass is 319 g/mol. The molecule has 3 heterocycles. The minimum atomic E-state index is 0.521. The molecule has 1 aliphatic rings. The molecule has 0 bridgehead atoms. The number of anilines is 3. The molecule has 24 heavy (non-hydrogen) atoms. The van der Waals surface area contributed by atoms with Crippen molar-refractivity contribution in [3.05, 3.63) is 36.7 Å². The van der Waals surface area contributed by atoms with Gasteiger partial charge in [-0.05, 0) is 43.5 Å². The molecule has 1 saturated carbocycles. The molecule has 0 atom stereocenters. The van der Waals surface area contributed by atoms with Crippen molar-refractivity contribution in [1.82, 2.24) is 25.1 Å². The maximum absolute atomic E-state index is 4.68. The Balaban J connectivity index is 1.50. The van der Waals surface area contributed by atoms with Gasteiger partial charge in [0, 0.05) is 23.3 Å². The summed E-state index contributed by atoms with van der Waals surface area (Å²) in [6.45, 7) is 0. The second-order valence-electron chi connectivity index (χ2n) is 6.20. The molecule has 1 aliphatic carbocycles. The first-order valence-electron chi connectivity index (χ1n) is 8.17. The number of hydrogen-bond donors (Lipinski definition) is 4. The van der Waals surface area contributed by atoms with Gasteiger partial charge in [0.25, 0.3) is 0 Å². The first-order chi connectivity index (χ1) is 11.8. The van der Waals surface area contributed by atoms with E-state index in [0.717, 1.165) is 33.4 Å². The quantitative estimate of drug-likeness (QED) is 0.461. The van der Waals surface area contributed by atoms with Crippen molar-refractivity contribution in [2.45, 2.75) is 25.3 Å². The van der Waals surface area contributed by atoms with Gasteiger partial charge in [-0.2, -0.15) is 15.1 Å². The number of fused-ring (bicyclic) bond motifs is 2. The van der Waals surface area contributed by atoms with Crippen LogP contribution in [0.4, 0.5) is 17.5 Å². The lowest BCUT2D eigenvalue weighted by Crippen LogP contribution is -2.27. The van der Waals surface area contributed by atoms with E-state index in [4.69, 9.17) is 0 Å². The third kappa shape index (κ3) is 2.25. The Hall–Kier alpha value is -3.09. The van der Waals surface area contributed by atoms with E-state index < -0.39 is 0 Å². The number of rotatable bonds is 4. The van der Waals surface area contributed by atoms with E-state index in [1.54, 1.807) is 6.20 Å². The standard InChI is InChI=1S/C17H17N7/c1-2-11(3-1)20-16-13-6-7-18-15(13)22-17(23-16)21-12-5-4-10-9-19-24-14(10)8-12/h4-9,11H,1-3H2,(H,19,24)(H3,18,20,21,22,23). The predicted molar refractivity (Wildman–Crippen MR) is 94.5 cm³/mol. The molecule has 0 unspecified atom stereocenters. The smallest absolute Gasteiger partial charge is 0.231 e. The highest BCUT2D eigenvalue weighted by molar-refractivity contribution is 5.89. The Bertz CT molecular complexity index is 1010. The molecule has 120 valence electrons. The summed E-state index contributed by atoms with van der Waals surface area (Å²) in [7, 11) is 0. The zero-order valence-corrected chi connectivity index (χ0v) is 13.0. The van der Waals surface area contributed by atoms with Crippen molar-refractivity contribution in [2.75, 3.05) is 10.6 Å². The summed E-state index contributed by atoms with van der Waals surface area (Å²) in [6.07, 6.45) is 7.39. The molecule has 0 radical (unpaired) electrons. The largest absolute Gasteiger partial charge is 0.367 e. The number of hydrogen-bond acceptors (Lipinski definition) is 5. The number of aromatic nitrogens is 5. The maximum Gasteiger partial charge on any atom is 0.231 e. The van der Waals surface area contributed by atoms with Crippen LogP contribution in [-0.2, 0) is 0 Å². The van der Waals surface area contributed by atoms with Crippen LogP contribution in [0, 0.1) is 0 Å². The zero-order chi connectivity index (χ0) is 15.9. The average molecular weight is 319 g/mol. The van der Waals surface area contributed by atoms with Gasteiger partial charge in [0.1, 0.15) is 11.5 Å². The van der Waals surface area contributed by atoms with Gasteiger partial charge < -0.3 is 15.6 Å². The highest BCUT2D eigenvalue weighted by Gasteiger charge is 2.19. The minimum Gasteiger partial charge on any atom is -0.367 e. The predicted octanol–water partition coefficient (Wildman–Crippen LogP) is 3.54. The normalized spacial score (nSPS) is 14.8. The summed E-state index contributed by atoms with van der Waals surface area (Å²) in [6, 6.07) is 8.55. The van der Waals surface area contributed by atoms with Crippen LogP contribution in [0.3, 0.4) is 0 Å². The third-order valence-corrected chi connectivity index (χ3v) is 4.56. The lowest BCUT2D eigenvalue weighted by molar-refractivity contribution is 0.445. The molecule has 4 N–H and O–H groups in total. The Morgan fingerprint density at radius 1 is 1.12 bits per heavy atom. The average Bonchev–Trinajstić information content (AvgIpc) is 3.18. The Labute approximate surface area is 137 Å². The second-order valence-corrected chi connectivity index (χ2v) is 6.20. The third-order valence-electron chi connectivity index (χ3n) is 4.56. The lowest BCUT2D eigenvalue weighted by atomic mass is 9.93. The van der Waals surface area contributed by atoms with Gasteiger partial charge in [-0.15, -0.1) is 0 Å². The molecule has 7 nitrogen and oxygen atoms in total. The van der Waals surface area contributed by atoms with Crippen LogP contribution in [0.15, 0.2) is 36.7 Å². The van der Waals surface area contributed by atoms with E-state index in [1.165, 1.54) is 19.3 Å². The molecule has 1 aromatic carbocycles. The van der Waals surface area contributed by atoms with E-state index in [-0.39, 0.29) is 0 Å². The van der Waals surface area contributed by atoms with Gasteiger partial charge in [0.2, 0.25) is 5.95 Å². The molecule has 1 fully saturated rings. The van der Waals surface area contributed by atoms with Crippen LogP contribution in [0.2, 0.25) is 0 Å². The van der Waals surface area contributed by atoms with Crippen LogP contribution in [-0.4, -0.2) is 31.2 Å². The van der Waals surface area contributed by atoms with Gasteiger partial charge in [0.15, 0.2) is 0 Å². The number of nitrogens with one attached hydrogen (secondary N) is 4. The van der Waals surface area contributed by atoms with Crippen molar-refractivity contribution in [3.63, 3.8) is 0 Å². The van der Waals surface area contributed by atoms with Crippen LogP contribution in [0.25, 0.3) is 21.9 Å². The first-order valence-corrected chi connectivity index (χ1v) is 8.17. The molecule has 0 saturated heterocycles. The van der Waals surface area contributed by atoms with E-state index >= 15 is 0 Å². The molecule has 0 spiro atoms. The molecular formula is C17H17N7. The SMILES string of the molecule is c1cc2c(NC3CCC3)nc(Nc3ccc4cn[nH]c4c3)nc2[nH]1. The highest BCUT2D eigenvalue weighted by Crippen LogP contribution is 2.28. The summed E-state index contributed by atoms with van der Waals surface area (Å²) in [5.74, 6) is 1.46. The maximum atomic E-state index is 4.68. The number of aromatic amines is 2. The fourth-order valence-corrected chi connectivity index (χ4v) is 3.00. The fourth-order valence-electron chi connectivity index (χ4n) is 3.00. The highest BCUT2D eigenvalue weighted by atomic mass is 15.2. The fraction of sp³-hybridized carbons (Fsp3) is 0.235. The van der Waals surface area contributed by atoms with Gasteiger partial charge in [-0.1, -0.05) is 0 Å². The lowest BCUT2D eigenvalue weighted by Gasteiger charge is -2.27. The Kier molecular flexibility index (Phi) is 2.91. The number of nitrogens with zero attached hydrogens (tertiary/aromatic N) is 3. The molecule has 7 heteroatoms. The van der Waals surface area contributed by atoms with E-state index in [2.05, 4.69) is 35.8 Å². The molecular weight excluding hydrogens is 302 g/mol. The molecule has 4 aromatic rings. The van der Waals surface area contributed by atoms with Crippen LogP contribution >= 0.6 is 0 Å². The Morgan fingerprint density at radius 2 is 2.08 bits per heavy atom. The number of H-pyrrole nitrogens is 2. The molecule has 3 aromatic heterocycles. The molecule has 5 rings (SSSR count). The minimum absolute atomic E-state index is 0.521. The van der Waals surface area contributed by atoms with Crippen LogP contribution in [0.5, 0.6) is 0 Å².